The Morgan fingerprint density at radius 2 is 2.07 bits per heavy atom. The zero-order valence-electron chi connectivity index (χ0n) is 16.2. The number of piperazine rings is 1. The number of fused-ring (bicyclic) bond motifs is 1. The van der Waals surface area contributed by atoms with Gasteiger partial charge in [-0.25, -0.2) is 14.2 Å². The van der Waals surface area contributed by atoms with Crippen molar-refractivity contribution >= 4 is 17.6 Å². The SMILES string of the molecule is CC1(C)CN(c2c(F)cnc3c2CCN3)CCN1C(=O)OCc1ccccc1. The Hall–Kier alpha value is -2.83. The van der Waals surface area contributed by atoms with E-state index in [1.807, 2.05) is 49.1 Å². The first-order valence-corrected chi connectivity index (χ1v) is 9.60. The summed E-state index contributed by atoms with van der Waals surface area (Å²) in [6, 6.07) is 9.62. The maximum Gasteiger partial charge on any atom is 0.410 e. The smallest absolute Gasteiger partial charge is 0.410 e. The van der Waals surface area contributed by atoms with Crippen molar-refractivity contribution in [3.8, 4) is 0 Å². The molecule has 0 spiro atoms. The van der Waals surface area contributed by atoms with E-state index in [1.54, 1.807) is 4.90 Å². The molecule has 1 amide bonds. The lowest BCUT2D eigenvalue weighted by Gasteiger charge is -2.47. The number of ether oxygens (including phenoxy) is 1. The van der Waals surface area contributed by atoms with Crippen LogP contribution in [0.3, 0.4) is 0 Å². The van der Waals surface area contributed by atoms with E-state index in [1.165, 1.54) is 6.20 Å². The lowest BCUT2D eigenvalue weighted by molar-refractivity contribution is 0.0514. The minimum absolute atomic E-state index is 0.244. The number of anilines is 2. The van der Waals surface area contributed by atoms with E-state index in [9.17, 15) is 9.18 Å². The number of aromatic nitrogens is 1. The number of hydrogen-bond donors (Lipinski definition) is 1. The molecule has 0 bridgehead atoms. The number of rotatable bonds is 3. The van der Waals surface area contributed by atoms with Gasteiger partial charge < -0.3 is 15.0 Å². The number of halogens is 1. The van der Waals surface area contributed by atoms with Crippen LogP contribution in [0.25, 0.3) is 0 Å². The van der Waals surface area contributed by atoms with Gasteiger partial charge in [0.2, 0.25) is 0 Å². The maximum atomic E-state index is 14.6. The predicted molar refractivity (Wildman–Crippen MR) is 106 cm³/mol. The molecule has 0 aliphatic carbocycles. The number of nitrogens with one attached hydrogen (secondary N) is 1. The normalized spacial score (nSPS) is 17.8. The molecular weight excluding hydrogens is 359 g/mol. The van der Waals surface area contributed by atoms with Crippen LogP contribution in [-0.4, -0.2) is 47.7 Å². The summed E-state index contributed by atoms with van der Waals surface area (Å²) in [6.07, 6.45) is 1.70. The topological polar surface area (TPSA) is 57.7 Å². The molecule has 0 atom stereocenters. The molecule has 0 unspecified atom stereocenters. The fraction of sp³-hybridized carbons (Fsp3) is 0.429. The van der Waals surface area contributed by atoms with Gasteiger partial charge in [-0.2, -0.15) is 0 Å². The van der Waals surface area contributed by atoms with Crippen molar-refractivity contribution in [2.45, 2.75) is 32.4 Å². The van der Waals surface area contributed by atoms with Crippen LogP contribution in [0.1, 0.15) is 25.0 Å². The van der Waals surface area contributed by atoms with Crippen molar-refractivity contribution in [1.82, 2.24) is 9.88 Å². The first-order valence-electron chi connectivity index (χ1n) is 9.60. The Morgan fingerprint density at radius 3 is 2.82 bits per heavy atom. The maximum absolute atomic E-state index is 14.6. The van der Waals surface area contributed by atoms with Gasteiger partial charge in [-0.3, -0.25) is 4.90 Å². The van der Waals surface area contributed by atoms with Crippen LogP contribution < -0.4 is 10.2 Å². The van der Waals surface area contributed by atoms with E-state index in [2.05, 4.69) is 10.3 Å². The van der Waals surface area contributed by atoms with Crippen molar-refractivity contribution in [3.05, 3.63) is 53.5 Å². The van der Waals surface area contributed by atoms with E-state index in [0.717, 1.165) is 29.9 Å². The Labute approximate surface area is 164 Å². The number of hydrogen-bond acceptors (Lipinski definition) is 5. The highest BCUT2D eigenvalue weighted by molar-refractivity contribution is 5.71. The Kier molecular flexibility index (Phi) is 4.83. The van der Waals surface area contributed by atoms with Crippen LogP contribution in [0.15, 0.2) is 36.5 Å². The first kappa shape index (κ1) is 18.5. The Balaban J connectivity index is 1.47. The third kappa shape index (κ3) is 3.48. The molecule has 7 heteroatoms. The van der Waals surface area contributed by atoms with Crippen molar-refractivity contribution in [1.29, 1.82) is 0 Å². The third-order valence-electron chi connectivity index (χ3n) is 5.42. The van der Waals surface area contributed by atoms with Crippen LogP contribution >= 0.6 is 0 Å². The number of amides is 1. The molecule has 1 N–H and O–H groups in total. The summed E-state index contributed by atoms with van der Waals surface area (Å²) in [5, 5.41) is 3.20. The molecule has 1 fully saturated rings. The van der Waals surface area contributed by atoms with Gasteiger partial charge in [0.05, 0.1) is 17.4 Å². The highest BCUT2D eigenvalue weighted by Gasteiger charge is 2.39. The average molecular weight is 384 g/mol. The largest absolute Gasteiger partial charge is 0.445 e. The average Bonchev–Trinajstić information content (AvgIpc) is 3.14. The van der Waals surface area contributed by atoms with Gasteiger partial charge in [-0.05, 0) is 25.8 Å². The fourth-order valence-electron chi connectivity index (χ4n) is 4.03. The molecule has 2 aliphatic heterocycles. The molecule has 2 aromatic rings. The van der Waals surface area contributed by atoms with Crippen molar-refractivity contribution < 1.29 is 13.9 Å². The van der Waals surface area contributed by atoms with Gasteiger partial charge in [-0.1, -0.05) is 30.3 Å². The Bertz CT molecular complexity index is 872. The van der Waals surface area contributed by atoms with Gasteiger partial charge in [0.15, 0.2) is 5.82 Å². The summed E-state index contributed by atoms with van der Waals surface area (Å²) in [5.74, 6) is 0.456. The number of nitrogens with zero attached hydrogens (tertiary/aromatic N) is 3. The molecule has 28 heavy (non-hydrogen) atoms. The quantitative estimate of drug-likeness (QED) is 0.879. The standard InChI is InChI=1S/C21H25FN4O2/c1-21(2)14-25(18-16-8-9-23-19(16)24-12-17(18)22)10-11-26(21)20(27)28-13-15-6-4-3-5-7-15/h3-7,12H,8-11,13-14H2,1-2H3,(H,23,24). The van der Waals surface area contributed by atoms with E-state index in [0.29, 0.717) is 25.3 Å². The zero-order chi connectivity index (χ0) is 19.7. The van der Waals surface area contributed by atoms with Gasteiger partial charge in [-0.15, -0.1) is 0 Å². The molecule has 1 saturated heterocycles. The lowest BCUT2D eigenvalue weighted by Crippen LogP contribution is -2.61. The highest BCUT2D eigenvalue weighted by atomic mass is 19.1. The summed E-state index contributed by atoms with van der Waals surface area (Å²) in [4.78, 5) is 20.6. The monoisotopic (exact) mass is 384 g/mol. The lowest BCUT2D eigenvalue weighted by atomic mass is 9.98. The van der Waals surface area contributed by atoms with Crippen molar-refractivity contribution in [2.75, 3.05) is 36.4 Å². The number of carbonyl (C=O) groups is 1. The molecule has 2 aliphatic rings. The summed E-state index contributed by atoms with van der Waals surface area (Å²) in [7, 11) is 0. The van der Waals surface area contributed by atoms with Crippen molar-refractivity contribution in [2.24, 2.45) is 0 Å². The molecule has 3 heterocycles. The summed E-state index contributed by atoms with van der Waals surface area (Å²) in [6.45, 7) is 6.55. The molecule has 4 rings (SSSR count). The molecular formula is C21H25FN4O2. The Morgan fingerprint density at radius 1 is 1.29 bits per heavy atom. The van der Waals surface area contributed by atoms with Gasteiger partial charge >= 0.3 is 6.09 Å². The predicted octanol–water partition coefficient (Wildman–Crippen LogP) is 3.43. The second kappa shape index (κ2) is 7.30. The number of pyridine rings is 1. The minimum Gasteiger partial charge on any atom is -0.445 e. The van der Waals surface area contributed by atoms with E-state index in [-0.39, 0.29) is 18.5 Å². The van der Waals surface area contributed by atoms with Gasteiger partial charge in [0.1, 0.15) is 12.4 Å². The van der Waals surface area contributed by atoms with Gasteiger partial charge in [0, 0.05) is 31.7 Å². The molecule has 6 nitrogen and oxygen atoms in total. The molecule has 148 valence electrons. The van der Waals surface area contributed by atoms with E-state index < -0.39 is 5.54 Å². The fourth-order valence-corrected chi connectivity index (χ4v) is 4.03. The molecule has 0 saturated carbocycles. The highest BCUT2D eigenvalue weighted by Crippen LogP contribution is 2.35. The van der Waals surface area contributed by atoms with Gasteiger partial charge in [0.25, 0.3) is 0 Å². The van der Waals surface area contributed by atoms with Crippen LogP contribution in [0, 0.1) is 5.82 Å². The molecule has 1 aromatic heterocycles. The zero-order valence-corrected chi connectivity index (χ0v) is 16.2. The van der Waals surface area contributed by atoms with Crippen LogP contribution in [0.2, 0.25) is 0 Å². The summed E-state index contributed by atoms with van der Waals surface area (Å²) < 4.78 is 20.1. The van der Waals surface area contributed by atoms with Crippen LogP contribution in [0.4, 0.5) is 20.7 Å². The number of carbonyl (C=O) groups excluding carboxylic acids is 1. The molecule has 0 radical (unpaired) electrons. The molecule has 1 aromatic carbocycles. The second-order valence-corrected chi connectivity index (χ2v) is 7.88. The third-order valence-corrected chi connectivity index (χ3v) is 5.42. The minimum atomic E-state index is -0.485. The van der Waals surface area contributed by atoms with Crippen molar-refractivity contribution in [3.63, 3.8) is 0 Å². The second-order valence-electron chi connectivity index (χ2n) is 7.88. The van der Waals surface area contributed by atoms with E-state index >= 15 is 0 Å². The van der Waals surface area contributed by atoms with Crippen LogP contribution in [0.5, 0.6) is 0 Å². The first-order chi connectivity index (χ1) is 13.5. The van der Waals surface area contributed by atoms with Crippen LogP contribution in [-0.2, 0) is 17.8 Å². The summed E-state index contributed by atoms with van der Waals surface area (Å²) >= 11 is 0. The van der Waals surface area contributed by atoms with E-state index in [4.69, 9.17) is 4.74 Å². The summed E-state index contributed by atoms with van der Waals surface area (Å²) in [5.41, 5.74) is 2.01. The number of benzene rings is 1.